The van der Waals surface area contributed by atoms with E-state index in [1.54, 1.807) is 6.92 Å². The first kappa shape index (κ1) is 29.6. The lowest BCUT2D eigenvalue weighted by Gasteiger charge is -2.62. The third-order valence-electron chi connectivity index (χ3n) is 8.96. The number of hydrogen-bond donors (Lipinski definition) is 8. The van der Waals surface area contributed by atoms with Crippen molar-refractivity contribution >= 4 is 0 Å². The zero-order chi connectivity index (χ0) is 27.0. The maximum atomic E-state index is 11.0. The smallest absolute Gasteiger partial charge is 0.187 e. The first-order valence-electron chi connectivity index (χ1n) is 12.7. The summed E-state index contributed by atoms with van der Waals surface area (Å²) >= 11 is 0. The second kappa shape index (κ2) is 11.4. The molecule has 0 aromatic heterocycles. The van der Waals surface area contributed by atoms with Crippen molar-refractivity contribution in [2.45, 2.75) is 95.5 Å². The van der Waals surface area contributed by atoms with Crippen LogP contribution in [-0.2, 0) is 9.47 Å². The van der Waals surface area contributed by atoms with E-state index in [-0.39, 0.29) is 25.6 Å². The van der Waals surface area contributed by atoms with Gasteiger partial charge in [0.15, 0.2) is 6.29 Å². The van der Waals surface area contributed by atoms with E-state index < -0.39 is 72.4 Å². The molecule has 12 atom stereocenters. The molecule has 0 unspecified atom stereocenters. The Morgan fingerprint density at radius 2 is 1.72 bits per heavy atom. The number of aliphatic hydroxyl groups is 8. The highest BCUT2D eigenvalue weighted by Gasteiger charge is 2.63. The summed E-state index contributed by atoms with van der Waals surface area (Å²) in [5, 5.41) is 81.7. The Bertz CT molecular complexity index is 802. The van der Waals surface area contributed by atoms with Gasteiger partial charge in [0, 0.05) is 11.3 Å². The highest BCUT2D eigenvalue weighted by atomic mass is 16.7. The molecule has 0 spiro atoms. The topological polar surface area (TPSA) is 180 Å². The van der Waals surface area contributed by atoms with Crippen LogP contribution in [0.1, 0.15) is 46.5 Å². The van der Waals surface area contributed by atoms with E-state index >= 15 is 0 Å². The number of allylic oxidation sites excluding steroid dienone is 1. The van der Waals surface area contributed by atoms with Gasteiger partial charge < -0.3 is 50.3 Å². The van der Waals surface area contributed by atoms with Crippen LogP contribution in [0.15, 0.2) is 23.8 Å². The van der Waals surface area contributed by atoms with Crippen LogP contribution in [0.4, 0.5) is 0 Å². The quantitative estimate of drug-likeness (QED) is 0.191. The van der Waals surface area contributed by atoms with Gasteiger partial charge in [-0.3, -0.25) is 0 Å². The van der Waals surface area contributed by atoms with Crippen LogP contribution in [0.2, 0.25) is 0 Å². The molecule has 0 aromatic carbocycles. The molecule has 0 amide bonds. The Balaban J connectivity index is 1.66. The van der Waals surface area contributed by atoms with Crippen molar-refractivity contribution in [2.24, 2.45) is 22.7 Å². The van der Waals surface area contributed by atoms with Gasteiger partial charge in [0.25, 0.3) is 0 Å². The summed E-state index contributed by atoms with van der Waals surface area (Å²) in [6.45, 7) is 9.06. The van der Waals surface area contributed by atoms with Gasteiger partial charge in [0.2, 0.25) is 0 Å². The second-order valence-electron chi connectivity index (χ2n) is 11.5. The van der Waals surface area contributed by atoms with E-state index in [1.807, 2.05) is 19.9 Å². The van der Waals surface area contributed by atoms with Crippen molar-refractivity contribution in [1.29, 1.82) is 0 Å². The monoisotopic (exact) mass is 516 g/mol. The molecule has 10 nitrogen and oxygen atoms in total. The lowest BCUT2D eigenvalue weighted by molar-refractivity contribution is -0.298. The van der Waals surface area contributed by atoms with Crippen LogP contribution in [0.5, 0.6) is 0 Å². The van der Waals surface area contributed by atoms with Crippen molar-refractivity contribution in [1.82, 2.24) is 0 Å². The van der Waals surface area contributed by atoms with Gasteiger partial charge in [-0.05, 0) is 43.9 Å². The molecule has 36 heavy (non-hydrogen) atoms. The molecule has 2 saturated carbocycles. The summed E-state index contributed by atoms with van der Waals surface area (Å²) in [7, 11) is 0. The van der Waals surface area contributed by atoms with E-state index in [1.165, 1.54) is 0 Å². The molecular formula is C26H44O10. The van der Waals surface area contributed by atoms with Crippen molar-refractivity contribution < 1.29 is 50.3 Å². The molecule has 208 valence electrons. The molecule has 3 aliphatic rings. The summed E-state index contributed by atoms with van der Waals surface area (Å²) in [6, 6.07) is 0. The van der Waals surface area contributed by atoms with Crippen molar-refractivity contribution in [3.8, 4) is 0 Å². The molecule has 1 saturated heterocycles. The van der Waals surface area contributed by atoms with E-state index in [2.05, 4.69) is 6.58 Å². The van der Waals surface area contributed by atoms with Crippen molar-refractivity contribution in [3.63, 3.8) is 0 Å². The third kappa shape index (κ3) is 5.31. The van der Waals surface area contributed by atoms with Gasteiger partial charge >= 0.3 is 0 Å². The van der Waals surface area contributed by atoms with Gasteiger partial charge in [-0.15, -0.1) is 0 Å². The molecular weight excluding hydrogens is 472 g/mol. The average Bonchev–Trinajstić information content (AvgIpc) is 2.81. The molecule has 10 heteroatoms. The molecule has 0 bridgehead atoms. The van der Waals surface area contributed by atoms with Gasteiger partial charge in [0.1, 0.15) is 24.4 Å². The molecule has 2 aliphatic carbocycles. The van der Waals surface area contributed by atoms with Gasteiger partial charge in [-0.25, -0.2) is 0 Å². The fraction of sp³-hybridized carbons (Fsp3) is 0.846. The first-order chi connectivity index (χ1) is 16.8. The number of ether oxygens (including phenoxy) is 2. The highest BCUT2D eigenvalue weighted by molar-refractivity contribution is 5.21. The Kier molecular flexibility index (Phi) is 9.42. The van der Waals surface area contributed by atoms with Gasteiger partial charge in [-0.1, -0.05) is 37.6 Å². The van der Waals surface area contributed by atoms with Crippen LogP contribution >= 0.6 is 0 Å². The number of rotatable bonds is 8. The first-order valence-corrected chi connectivity index (χ1v) is 12.7. The van der Waals surface area contributed by atoms with Crippen LogP contribution < -0.4 is 0 Å². The van der Waals surface area contributed by atoms with E-state index in [4.69, 9.17) is 9.47 Å². The summed E-state index contributed by atoms with van der Waals surface area (Å²) in [6.07, 6.45) is -5.74. The zero-order valence-corrected chi connectivity index (χ0v) is 21.4. The van der Waals surface area contributed by atoms with E-state index in [0.29, 0.717) is 19.3 Å². The van der Waals surface area contributed by atoms with Crippen molar-refractivity contribution in [2.75, 3.05) is 19.8 Å². The lowest BCUT2D eigenvalue weighted by Crippen LogP contribution is -2.65. The highest BCUT2D eigenvalue weighted by Crippen LogP contribution is 2.61. The minimum Gasteiger partial charge on any atom is -0.396 e. The van der Waals surface area contributed by atoms with Gasteiger partial charge in [0.05, 0.1) is 38.1 Å². The standard InChI is InChI=1S/C26H44O10/c1-13(7-8-35-24-21(33)20(32)19(31)18(11-27)36-24)5-6-15-14(2)9-16(29)22-25(15,3)10-17(30)23(34)26(22,4)12-28/h7,15-24,27-34H,2,5-6,8-12H2,1,3-4H3/b13-7+/t15-,16-,17+,18+,19+,20-,21+,22+,23-,24+,25+,26+/m0/s1. The van der Waals surface area contributed by atoms with E-state index in [0.717, 1.165) is 11.1 Å². The predicted molar refractivity (Wildman–Crippen MR) is 129 cm³/mol. The average molecular weight is 517 g/mol. The summed E-state index contributed by atoms with van der Waals surface area (Å²) in [5.41, 5.74) is 0.253. The molecule has 3 rings (SSSR count). The minimum absolute atomic E-state index is 0.0476. The molecule has 8 N–H and O–H groups in total. The zero-order valence-electron chi connectivity index (χ0n) is 21.4. The lowest BCUT2D eigenvalue weighted by atomic mass is 9.44. The van der Waals surface area contributed by atoms with Gasteiger partial charge in [-0.2, -0.15) is 0 Å². The Morgan fingerprint density at radius 1 is 1.06 bits per heavy atom. The Labute approximate surface area is 212 Å². The van der Waals surface area contributed by atoms with Crippen LogP contribution in [0, 0.1) is 22.7 Å². The SMILES string of the molecule is C=C1C[C@H](O)[C@@H]2[C@](C)(C[C@@H](O)[C@H](O)[C@]2(C)CO)[C@H]1CC/C(C)=C/CO[C@@H]1O[C@H](CO)[C@@H](O)[C@H](O)[C@H]1O. The summed E-state index contributed by atoms with van der Waals surface area (Å²) in [4.78, 5) is 0. The summed E-state index contributed by atoms with van der Waals surface area (Å²) < 4.78 is 10.9. The molecule has 3 fully saturated rings. The maximum absolute atomic E-state index is 11.0. The number of aliphatic hydroxyl groups excluding tert-OH is 8. The number of fused-ring (bicyclic) bond motifs is 1. The van der Waals surface area contributed by atoms with Crippen LogP contribution in [-0.4, -0.2) is 110 Å². The van der Waals surface area contributed by atoms with Crippen LogP contribution in [0.25, 0.3) is 0 Å². The predicted octanol–water partition coefficient (Wildman–Crippen LogP) is -0.787. The number of hydrogen-bond acceptors (Lipinski definition) is 10. The Hall–Kier alpha value is -0.920. The molecule has 1 heterocycles. The van der Waals surface area contributed by atoms with Crippen molar-refractivity contribution in [3.05, 3.63) is 23.8 Å². The minimum atomic E-state index is -1.50. The fourth-order valence-corrected chi connectivity index (χ4v) is 6.99. The maximum Gasteiger partial charge on any atom is 0.187 e. The van der Waals surface area contributed by atoms with Crippen LogP contribution in [0.3, 0.4) is 0 Å². The Morgan fingerprint density at radius 3 is 2.33 bits per heavy atom. The molecule has 0 radical (unpaired) electrons. The molecule has 1 aliphatic heterocycles. The second-order valence-corrected chi connectivity index (χ2v) is 11.5. The fourth-order valence-electron chi connectivity index (χ4n) is 6.99. The third-order valence-corrected chi connectivity index (χ3v) is 8.96. The van der Waals surface area contributed by atoms with E-state index in [9.17, 15) is 40.9 Å². The summed E-state index contributed by atoms with van der Waals surface area (Å²) in [5.74, 6) is -0.462. The molecule has 0 aromatic rings. The largest absolute Gasteiger partial charge is 0.396 e. The normalized spacial score (nSPS) is 48.1.